The van der Waals surface area contributed by atoms with Crippen molar-refractivity contribution in [1.29, 1.82) is 0 Å². The van der Waals surface area contributed by atoms with E-state index in [1.54, 1.807) is 0 Å². The summed E-state index contributed by atoms with van der Waals surface area (Å²) < 4.78 is 37.7. The molecule has 22 heavy (non-hydrogen) atoms. The van der Waals surface area contributed by atoms with E-state index in [2.05, 4.69) is 10.3 Å². The fraction of sp³-hybridized carbons (Fsp3) is 0.267. The first-order chi connectivity index (χ1) is 10.4. The highest BCUT2D eigenvalue weighted by Gasteiger charge is 2.31. The summed E-state index contributed by atoms with van der Waals surface area (Å²) in [5.74, 6) is 0.115. The molecule has 0 aliphatic rings. The van der Waals surface area contributed by atoms with E-state index in [0.717, 1.165) is 11.6 Å². The number of pyridine rings is 1. The van der Waals surface area contributed by atoms with Gasteiger partial charge in [0.2, 0.25) is 0 Å². The van der Waals surface area contributed by atoms with Gasteiger partial charge in [0.05, 0.1) is 23.2 Å². The smallest absolute Gasteiger partial charge is 0.394 e. The second kappa shape index (κ2) is 6.98. The molecule has 2 rings (SSSR count). The average molecular weight is 331 g/mol. The Morgan fingerprint density at radius 2 is 1.91 bits per heavy atom. The van der Waals surface area contributed by atoms with E-state index in [0.29, 0.717) is 12.6 Å². The monoisotopic (exact) mass is 330 g/mol. The maximum absolute atomic E-state index is 12.6. The Hall–Kier alpha value is -1.79. The topological polar surface area (TPSA) is 45.1 Å². The number of hydrogen-bond donors (Lipinski definition) is 2. The van der Waals surface area contributed by atoms with Gasteiger partial charge in [-0.25, -0.2) is 4.98 Å². The predicted molar refractivity (Wildman–Crippen MR) is 78.9 cm³/mol. The Kier molecular flexibility index (Phi) is 5.26. The number of nitrogens with one attached hydrogen (secondary N) is 1. The van der Waals surface area contributed by atoms with E-state index in [1.165, 1.54) is 0 Å². The molecule has 0 spiro atoms. The number of benzene rings is 1. The number of aliphatic hydroxyl groups is 1. The predicted octanol–water partition coefficient (Wildman–Crippen LogP) is 3.77. The molecule has 2 aromatic rings. The first-order valence-electron chi connectivity index (χ1n) is 6.54. The molecule has 0 radical (unpaired) electrons. The largest absolute Gasteiger partial charge is 0.417 e. The standard InChI is InChI=1S/C15H14ClF3N2O/c16-13-7-11(15(17,18)19)8-20-14(13)21-12(9-22)6-10-4-2-1-3-5-10/h1-5,7-8,12,22H,6,9H2,(H,20,21). The molecule has 0 aliphatic heterocycles. The van der Waals surface area contributed by atoms with Crippen molar-refractivity contribution in [3.63, 3.8) is 0 Å². The van der Waals surface area contributed by atoms with Gasteiger partial charge in [-0.1, -0.05) is 41.9 Å². The molecule has 1 aromatic carbocycles. The molecule has 0 bridgehead atoms. The normalized spacial score (nSPS) is 13.0. The van der Waals surface area contributed by atoms with Crippen molar-refractivity contribution in [2.45, 2.75) is 18.6 Å². The van der Waals surface area contributed by atoms with E-state index in [-0.39, 0.29) is 17.4 Å². The van der Waals surface area contributed by atoms with Crippen LogP contribution in [-0.4, -0.2) is 22.7 Å². The Labute approximate surface area is 130 Å². The molecule has 7 heteroatoms. The van der Waals surface area contributed by atoms with Crippen molar-refractivity contribution in [2.24, 2.45) is 0 Å². The van der Waals surface area contributed by atoms with Gasteiger partial charge in [0, 0.05) is 6.20 Å². The highest BCUT2D eigenvalue weighted by Crippen LogP contribution is 2.32. The molecule has 0 amide bonds. The van der Waals surface area contributed by atoms with Crippen LogP contribution in [0.5, 0.6) is 0 Å². The molecule has 3 nitrogen and oxygen atoms in total. The van der Waals surface area contributed by atoms with Gasteiger partial charge in [-0.05, 0) is 18.1 Å². The Balaban J connectivity index is 2.11. The quantitative estimate of drug-likeness (QED) is 0.877. The van der Waals surface area contributed by atoms with Gasteiger partial charge in [0.15, 0.2) is 0 Å². The maximum Gasteiger partial charge on any atom is 0.417 e. The highest BCUT2D eigenvalue weighted by molar-refractivity contribution is 6.33. The zero-order valence-electron chi connectivity index (χ0n) is 11.4. The number of aromatic nitrogens is 1. The number of hydrogen-bond acceptors (Lipinski definition) is 3. The van der Waals surface area contributed by atoms with E-state index < -0.39 is 17.8 Å². The molecule has 0 aliphatic carbocycles. The van der Waals surface area contributed by atoms with Gasteiger partial charge in [-0.2, -0.15) is 13.2 Å². The summed E-state index contributed by atoms with van der Waals surface area (Å²) >= 11 is 5.83. The molecule has 1 aromatic heterocycles. The van der Waals surface area contributed by atoms with Gasteiger partial charge in [-0.15, -0.1) is 0 Å². The van der Waals surface area contributed by atoms with Crippen LogP contribution in [0, 0.1) is 0 Å². The van der Waals surface area contributed by atoms with Gasteiger partial charge < -0.3 is 10.4 Å². The minimum Gasteiger partial charge on any atom is -0.394 e. The van der Waals surface area contributed by atoms with Crippen LogP contribution in [0.4, 0.5) is 19.0 Å². The van der Waals surface area contributed by atoms with Gasteiger partial charge >= 0.3 is 6.18 Å². The lowest BCUT2D eigenvalue weighted by atomic mass is 10.1. The van der Waals surface area contributed by atoms with Crippen molar-refractivity contribution in [2.75, 3.05) is 11.9 Å². The van der Waals surface area contributed by atoms with E-state index in [4.69, 9.17) is 11.6 Å². The fourth-order valence-corrected chi connectivity index (χ4v) is 2.17. The molecule has 0 saturated carbocycles. The number of alkyl halides is 3. The van der Waals surface area contributed by atoms with Crippen molar-refractivity contribution >= 4 is 17.4 Å². The third kappa shape index (κ3) is 4.35. The maximum atomic E-state index is 12.6. The van der Waals surface area contributed by atoms with Crippen molar-refractivity contribution in [3.8, 4) is 0 Å². The van der Waals surface area contributed by atoms with Crippen LogP contribution in [0.2, 0.25) is 5.02 Å². The summed E-state index contributed by atoms with van der Waals surface area (Å²) in [5.41, 5.74) is 0.0729. The second-order valence-electron chi connectivity index (χ2n) is 4.77. The molecule has 1 unspecified atom stereocenters. The molecule has 1 heterocycles. The second-order valence-corrected chi connectivity index (χ2v) is 5.17. The summed E-state index contributed by atoms with van der Waals surface area (Å²) in [7, 11) is 0. The number of halogens is 4. The van der Waals surface area contributed by atoms with Crippen LogP contribution in [0.15, 0.2) is 42.6 Å². The lowest BCUT2D eigenvalue weighted by molar-refractivity contribution is -0.137. The van der Waals surface area contributed by atoms with E-state index in [1.807, 2.05) is 30.3 Å². The fourth-order valence-electron chi connectivity index (χ4n) is 1.95. The van der Waals surface area contributed by atoms with Crippen molar-refractivity contribution in [3.05, 3.63) is 58.7 Å². The number of aliphatic hydroxyl groups excluding tert-OH is 1. The summed E-state index contributed by atoms with van der Waals surface area (Å²) in [6.07, 6.45) is -3.28. The first kappa shape index (κ1) is 16.6. The van der Waals surface area contributed by atoms with Crippen LogP contribution in [-0.2, 0) is 12.6 Å². The molecular formula is C15H14ClF3N2O. The van der Waals surface area contributed by atoms with Crippen LogP contribution in [0.3, 0.4) is 0 Å². The van der Waals surface area contributed by atoms with Gasteiger partial charge in [-0.3, -0.25) is 0 Å². The summed E-state index contributed by atoms with van der Waals surface area (Å²) in [6.45, 7) is -0.200. The zero-order valence-corrected chi connectivity index (χ0v) is 12.2. The number of rotatable bonds is 5. The SMILES string of the molecule is OCC(Cc1ccccc1)Nc1ncc(C(F)(F)F)cc1Cl. The number of nitrogens with zero attached hydrogens (tertiary/aromatic N) is 1. The van der Waals surface area contributed by atoms with Gasteiger partial charge in [0.25, 0.3) is 0 Å². The Morgan fingerprint density at radius 3 is 2.45 bits per heavy atom. The molecule has 2 N–H and O–H groups in total. The lowest BCUT2D eigenvalue weighted by Gasteiger charge is -2.18. The summed E-state index contributed by atoms with van der Waals surface area (Å²) in [6, 6.07) is 9.81. The minimum absolute atomic E-state index is 0.115. The van der Waals surface area contributed by atoms with Crippen LogP contribution in [0.25, 0.3) is 0 Å². The first-order valence-corrected chi connectivity index (χ1v) is 6.92. The van der Waals surface area contributed by atoms with Gasteiger partial charge in [0.1, 0.15) is 5.82 Å². The lowest BCUT2D eigenvalue weighted by Crippen LogP contribution is -2.27. The molecular weight excluding hydrogens is 317 g/mol. The third-order valence-electron chi connectivity index (χ3n) is 3.05. The number of anilines is 1. The van der Waals surface area contributed by atoms with Crippen molar-refractivity contribution < 1.29 is 18.3 Å². The molecule has 0 fully saturated rings. The highest BCUT2D eigenvalue weighted by atomic mass is 35.5. The summed E-state index contributed by atoms with van der Waals surface area (Å²) in [4.78, 5) is 3.70. The van der Waals surface area contributed by atoms with Crippen LogP contribution >= 0.6 is 11.6 Å². The third-order valence-corrected chi connectivity index (χ3v) is 3.34. The molecule has 0 saturated heterocycles. The Morgan fingerprint density at radius 1 is 1.23 bits per heavy atom. The zero-order chi connectivity index (χ0) is 16.2. The van der Waals surface area contributed by atoms with Crippen LogP contribution < -0.4 is 5.32 Å². The molecule has 118 valence electrons. The van der Waals surface area contributed by atoms with Crippen molar-refractivity contribution in [1.82, 2.24) is 4.98 Å². The average Bonchev–Trinajstić information content (AvgIpc) is 2.48. The molecule has 1 atom stereocenters. The van der Waals surface area contributed by atoms with E-state index in [9.17, 15) is 18.3 Å². The summed E-state index contributed by atoms with van der Waals surface area (Å²) in [5, 5.41) is 12.1. The minimum atomic E-state index is -4.49. The Bertz CT molecular complexity index is 620. The van der Waals surface area contributed by atoms with E-state index >= 15 is 0 Å². The van der Waals surface area contributed by atoms with Crippen LogP contribution in [0.1, 0.15) is 11.1 Å².